The zero-order valence-electron chi connectivity index (χ0n) is 16.5. The van der Waals surface area contributed by atoms with E-state index in [0.29, 0.717) is 29.8 Å². The van der Waals surface area contributed by atoms with Gasteiger partial charge in [-0.1, -0.05) is 18.9 Å². The highest BCUT2D eigenvalue weighted by Gasteiger charge is 2.27. The number of aromatic nitrogens is 2. The molecule has 29 heavy (non-hydrogen) atoms. The number of nitrogens with zero attached hydrogens (tertiary/aromatic N) is 2. The molecule has 1 fully saturated rings. The van der Waals surface area contributed by atoms with Crippen molar-refractivity contribution in [2.24, 2.45) is 5.92 Å². The molecule has 1 saturated carbocycles. The van der Waals surface area contributed by atoms with Gasteiger partial charge in [0.2, 0.25) is 0 Å². The number of halogens is 1. The largest absolute Gasteiger partial charge is 0.497 e. The second-order valence-electron chi connectivity index (χ2n) is 7.75. The van der Waals surface area contributed by atoms with Crippen LogP contribution in [0.25, 0.3) is 5.52 Å². The van der Waals surface area contributed by atoms with Crippen LogP contribution < -0.4 is 4.74 Å². The quantitative estimate of drug-likeness (QED) is 0.635. The van der Waals surface area contributed by atoms with E-state index in [1.54, 1.807) is 22.8 Å². The summed E-state index contributed by atoms with van der Waals surface area (Å²) in [7, 11) is 1.50. The smallest absolute Gasteiger partial charge is 0.181 e. The van der Waals surface area contributed by atoms with Crippen molar-refractivity contribution in [2.45, 2.75) is 44.6 Å². The second-order valence-corrected chi connectivity index (χ2v) is 7.75. The summed E-state index contributed by atoms with van der Waals surface area (Å²) in [6, 6.07) is 10.3. The Morgan fingerprint density at radius 1 is 1.24 bits per heavy atom. The molecule has 4 rings (SSSR count). The molecule has 2 atom stereocenters. The monoisotopic (exact) mass is 396 g/mol. The van der Waals surface area contributed by atoms with Gasteiger partial charge in [0.15, 0.2) is 5.78 Å². The Labute approximate surface area is 169 Å². The number of carbonyl (C=O) groups is 1. The fraction of sp³-hybridized carbons (Fsp3) is 0.391. The van der Waals surface area contributed by atoms with Gasteiger partial charge in [0.1, 0.15) is 17.3 Å². The van der Waals surface area contributed by atoms with Crippen LogP contribution in [0.5, 0.6) is 5.75 Å². The topological polar surface area (TPSA) is 63.8 Å². The highest BCUT2D eigenvalue weighted by atomic mass is 19.1. The van der Waals surface area contributed by atoms with Gasteiger partial charge in [-0.25, -0.2) is 8.91 Å². The van der Waals surface area contributed by atoms with E-state index in [1.807, 2.05) is 18.2 Å². The Morgan fingerprint density at radius 2 is 2.07 bits per heavy atom. The number of carbonyl (C=O) groups excluding carboxylic acids is 1. The summed E-state index contributed by atoms with van der Waals surface area (Å²) in [6.07, 6.45) is 5.56. The summed E-state index contributed by atoms with van der Waals surface area (Å²) in [5.41, 5.74) is 2.65. The van der Waals surface area contributed by atoms with Gasteiger partial charge in [0.25, 0.3) is 0 Å². The van der Waals surface area contributed by atoms with Crippen molar-refractivity contribution in [1.29, 1.82) is 0 Å². The zero-order valence-corrected chi connectivity index (χ0v) is 16.5. The number of fused-ring (bicyclic) bond motifs is 1. The van der Waals surface area contributed by atoms with Gasteiger partial charge in [-0.2, -0.15) is 5.10 Å². The van der Waals surface area contributed by atoms with Gasteiger partial charge in [-0.15, -0.1) is 0 Å². The number of methoxy groups -OCH3 is 1. The van der Waals surface area contributed by atoms with Crippen molar-refractivity contribution in [3.8, 4) is 5.75 Å². The lowest BCUT2D eigenvalue weighted by Gasteiger charge is -2.26. The number of hydrogen-bond donors (Lipinski definition) is 1. The van der Waals surface area contributed by atoms with Crippen LogP contribution in [0.3, 0.4) is 0 Å². The number of Topliss-reactive ketones (excluding diaryl/α,β-unsaturated/α-hetero) is 1. The van der Waals surface area contributed by atoms with Gasteiger partial charge in [0, 0.05) is 25.1 Å². The van der Waals surface area contributed by atoms with Crippen molar-refractivity contribution in [3.63, 3.8) is 0 Å². The van der Waals surface area contributed by atoms with E-state index in [-0.39, 0.29) is 17.5 Å². The van der Waals surface area contributed by atoms with Crippen LogP contribution in [-0.2, 0) is 6.42 Å². The number of ketones is 1. The molecule has 1 aliphatic rings. The van der Waals surface area contributed by atoms with Crippen LogP contribution in [0.4, 0.5) is 4.39 Å². The highest BCUT2D eigenvalue weighted by molar-refractivity contribution is 5.96. The highest BCUT2D eigenvalue weighted by Crippen LogP contribution is 2.29. The number of benzene rings is 1. The SMILES string of the molecule is COc1ccc(Cc2cc(C(=O)C[C@H]3CCCC[C@@H]3O)n3ncccc23)c(F)c1. The molecular weight excluding hydrogens is 371 g/mol. The summed E-state index contributed by atoms with van der Waals surface area (Å²) in [6.45, 7) is 0. The van der Waals surface area contributed by atoms with Crippen LogP contribution in [-0.4, -0.2) is 33.7 Å². The third-order valence-corrected chi connectivity index (χ3v) is 5.86. The fourth-order valence-electron chi connectivity index (χ4n) is 4.22. The maximum atomic E-state index is 14.4. The van der Waals surface area contributed by atoms with E-state index in [4.69, 9.17) is 4.74 Å². The first-order valence-electron chi connectivity index (χ1n) is 10.1. The predicted octanol–water partition coefficient (Wildman–Crippen LogP) is 4.20. The minimum Gasteiger partial charge on any atom is -0.497 e. The van der Waals surface area contributed by atoms with Gasteiger partial charge in [0.05, 0.1) is 18.7 Å². The van der Waals surface area contributed by atoms with Gasteiger partial charge in [-0.05, 0) is 54.2 Å². The van der Waals surface area contributed by atoms with Crippen LogP contribution in [0.1, 0.15) is 53.7 Å². The lowest BCUT2D eigenvalue weighted by Crippen LogP contribution is -2.27. The maximum Gasteiger partial charge on any atom is 0.181 e. The van der Waals surface area contributed by atoms with E-state index in [9.17, 15) is 14.3 Å². The molecule has 0 radical (unpaired) electrons. The Kier molecular flexibility index (Phi) is 5.62. The van der Waals surface area contributed by atoms with E-state index in [0.717, 1.165) is 36.8 Å². The molecule has 6 heteroatoms. The average molecular weight is 396 g/mol. The number of aliphatic hydroxyl groups excluding tert-OH is 1. The first-order chi connectivity index (χ1) is 14.1. The molecule has 1 aromatic carbocycles. The average Bonchev–Trinajstić information content (AvgIpc) is 3.10. The molecule has 0 unspecified atom stereocenters. The van der Waals surface area contributed by atoms with E-state index in [2.05, 4.69) is 5.10 Å². The molecule has 1 aliphatic carbocycles. The molecule has 0 spiro atoms. The number of ether oxygens (including phenoxy) is 1. The third-order valence-electron chi connectivity index (χ3n) is 5.86. The fourth-order valence-corrected chi connectivity index (χ4v) is 4.22. The van der Waals surface area contributed by atoms with Crippen molar-refractivity contribution in [2.75, 3.05) is 7.11 Å². The van der Waals surface area contributed by atoms with E-state index < -0.39 is 6.10 Å². The molecule has 0 amide bonds. The number of aliphatic hydroxyl groups is 1. The summed E-state index contributed by atoms with van der Waals surface area (Å²) < 4.78 is 21.1. The van der Waals surface area contributed by atoms with Crippen LogP contribution in [0.15, 0.2) is 42.6 Å². The first-order valence-corrected chi connectivity index (χ1v) is 10.1. The Balaban J connectivity index is 1.64. The first kappa shape index (κ1) is 19.6. The second kappa shape index (κ2) is 8.33. The molecule has 2 aromatic heterocycles. The maximum absolute atomic E-state index is 14.4. The van der Waals surface area contributed by atoms with Gasteiger partial charge < -0.3 is 9.84 Å². The molecule has 0 bridgehead atoms. The molecule has 2 heterocycles. The molecular formula is C23H25FN2O3. The van der Waals surface area contributed by atoms with E-state index >= 15 is 0 Å². The standard InChI is InChI=1S/C23H25FN2O3/c1-29-18-9-8-15(19(24)14-18)11-17-12-21(26-20(17)6-4-10-25-26)23(28)13-16-5-2-3-7-22(16)27/h4,6,8-10,12,14,16,22,27H,2-3,5,7,11,13H2,1H3/t16-,22+/m1/s1. The third kappa shape index (κ3) is 4.03. The number of rotatable bonds is 6. The van der Waals surface area contributed by atoms with Crippen molar-refractivity contribution >= 4 is 11.3 Å². The Bertz CT molecular complexity index is 1030. The van der Waals surface area contributed by atoms with Crippen molar-refractivity contribution in [3.05, 3.63) is 65.2 Å². The molecule has 152 valence electrons. The Hall–Kier alpha value is -2.73. The van der Waals surface area contributed by atoms with Gasteiger partial charge >= 0.3 is 0 Å². The molecule has 0 saturated heterocycles. The molecule has 1 N–H and O–H groups in total. The number of hydrogen-bond acceptors (Lipinski definition) is 4. The molecule has 5 nitrogen and oxygen atoms in total. The lowest BCUT2D eigenvalue weighted by atomic mass is 9.83. The summed E-state index contributed by atoms with van der Waals surface area (Å²) in [5.74, 6) is 0.0847. The van der Waals surface area contributed by atoms with Crippen molar-refractivity contribution < 1.29 is 19.0 Å². The summed E-state index contributed by atoms with van der Waals surface area (Å²) >= 11 is 0. The Morgan fingerprint density at radius 3 is 2.83 bits per heavy atom. The van der Waals surface area contributed by atoms with E-state index in [1.165, 1.54) is 13.2 Å². The summed E-state index contributed by atoms with van der Waals surface area (Å²) in [5, 5.41) is 14.6. The van der Waals surface area contributed by atoms with Crippen LogP contribution >= 0.6 is 0 Å². The van der Waals surface area contributed by atoms with Crippen LogP contribution in [0, 0.1) is 11.7 Å². The molecule has 3 aromatic rings. The van der Waals surface area contributed by atoms with Crippen LogP contribution in [0.2, 0.25) is 0 Å². The minimum atomic E-state index is -0.417. The minimum absolute atomic E-state index is 0.00649. The normalized spacial score (nSPS) is 19.4. The van der Waals surface area contributed by atoms with Gasteiger partial charge in [-0.3, -0.25) is 4.79 Å². The predicted molar refractivity (Wildman–Crippen MR) is 108 cm³/mol. The molecule has 0 aliphatic heterocycles. The van der Waals surface area contributed by atoms with Crippen molar-refractivity contribution in [1.82, 2.24) is 9.61 Å². The summed E-state index contributed by atoms with van der Waals surface area (Å²) in [4.78, 5) is 13.0. The lowest BCUT2D eigenvalue weighted by molar-refractivity contribution is 0.0580. The zero-order chi connectivity index (χ0) is 20.4.